The molecule has 0 aliphatic heterocycles. The predicted molar refractivity (Wildman–Crippen MR) is 91.4 cm³/mol. The highest BCUT2D eigenvalue weighted by Gasteiger charge is 2.13. The minimum absolute atomic E-state index is 0.0932. The largest absolute Gasteiger partial charge is 0.309 e. The van der Waals surface area contributed by atoms with Crippen LogP contribution in [0.3, 0.4) is 0 Å². The molecular formula is C17H20N2O2S. The Bertz CT molecular complexity index is 632. The second kappa shape index (κ2) is 7.96. The fourth-order valence-electron chi connectivity index (χ4n) is 2.17. The van der Waals surface area contributed by atoms with Gasteiger partial charge in [0.05, 0.1) is 4.92 Å². The van der Waals surface area contributed by atoms with E-state index in [4.69, 9.17) is 0 Å². The maximum absolute atomic E-state index is 11.0. The Morgan fingerprint density at radius 2 is 1.95 bits per heavy atom. The molecule has 0 saturated heterocycles. The number of nitrogens with zero attached hydrogens (tertiary/aromatic N) is 1. The quantitative estimate of drug-likeness (QED) is 0.357. The molecule has 0 fully saturated rings. The molecule has 5 heteroatoms. The van der Waals surface area contributed by atoms with Crippen LogP contribution >= 0.6 is 11.8 Å². The second-order valence-electron chi connectivity index (χ2n) is 5.14. The van der Waals surface area contributed by atoms with E-state index in [2.05, 4.69) is 17.4 Å². The van der Waals surface area contributed by atoms with Crippen molar-refractivity contribution in [2.75, 3.05) is 12.3 Å². The maximum atomic E-state index is 11.0. The van der Waals surface area contributed by atoms with Crippen molar-refractivity contribution in [2.24, 2.45) is 0 Å². The normalized spacial score (nSPS) is 12.1. The Morgan fingerprint density at radius 1 is 1.23 bits per heavy atom. The summed E-state index contributed by atoms with van der Waals surface area (Å²) < 4.78 is 0. The van der Waals surface area contributed by atoms with Crippen molar-refractivity contribution in [1.29, 1.82) is 0 Å². The Morgan fingerprint density at radius 3 is 2.64 bits per heavy atom. The lowest BCUT2D eigenvalue weighted by Gasteiger charge is -2.14. The zero-order valence-electron chi connectivity index (χ0n) is 12.8. The number of hydrogen-bond donors (Lipinski definition) is 1. The minimum Gasteiger partial charge on any atom is -0.309 e. The molecule has 0 spiro atoms. The smallest absolute Gasteiger partial charge is 0.272 e. The van der Waals surface area contributed by atoms with Gasteiger partial charge in [0.15, 0.2) is 0 Å². The maximum Gasteiger partial charge on any atom is 0.272 e. The Labute approximate surface area is 135 Å². The molecule has 0 amide bonds. The first-order valence-electron chi connectivity index (χ1n) is 7.24. The van der Waals surface area contributed by atoms with Crippen LogP contribution in [0.25, 0.3) is 0 Å². The van der Waals surface area contributed by atoms with E-state index >= 15 is 0 Å². The van der Waals surface area contributed by atoms with Gasteiger partial charge in [-0.15, -0.1) is 11.8 Å². The summed E-state index contributed by atoms with van der Waals surface area (Å²) in [7, 11) is 0. The minimum atomic E-state index is -0.323. The summed E-state index contributed by atoms with van der Waals surface area (Å²) in [5, 5.41) is 14.4. The molecule has 116 valence electrons. The van der Waals surface area contributed by atoms with Crippen LogP contribution in [-0.2, 0) is 0 Å². The van der Waals surface area contributed by atoms with Crippen LogP contribution in [0.2, 0.25) is 0 Å². The summed E-state index contributed by atoms with van der Waals surface area (Å²) in [5.41, 5.74) is 1.83. The van der Waals surface area contributed by atoms with Crippen LogP contribution < -0.4 is 5.32 Å². The molecular weight excluding hydrogens is 296 g/mol. The number of hydrogen-bond acceptors (Lipinski definition) is 4. The molecule has 2 aromatic carbocycles. The number of aryl methyl sites for hydroxylation is 1. The number of rotatable bonds is 7. The molecule has 2 aromatic rings. The SMILES string of the molecule is Cc1ccc(C(C)NCCSc2ccccc2)cc1[N+](=O)[O-]. The average Bonchev–Trinajstić information content (AvgIpc) is 2.52. The third-order valence-corrected chi connectivity index (χ3v) is 4.51. The standard InChI is InChI=1S/C17H20N2O2S/c1-13-8-9-15(12-17(13)19(20)21)14(2)18-10-11-22-16-6-4-3-5-7-16/h3-9,12,14,18H,10-11H2,1-2H3. The molecule has 4 nitrogen and oxygen atoms in total. The van der Waals surface area contributed by atoms with E-state index in [0.29, 0.717) is 5.56 Å². The summed E-state index contributed by atoms with van der Waals surface area (Å²) in [5.74, 6) is 0.961. The highest BCUT2D eigenvalue weighted by Crippen LogP contribution is 2.23. The topological polar surface area (TPSA) is 55.2 Å². The molecule has 0 aliphatic carbocycles. The highest BCUT2D eigenvalue weighted by molar-refractivity contribution is 7.99. The molecule has 0 aliphatic rings. The lowest BCUT2D eigenvalue weighted by Crippen LogP contribution is -2.21. The van der Waals surface area contributed by atoms with E-state index in [-0.39, 0.29) is 16.7 Å². The summed E-state index contributed by atoms with van der Waals surface area (Å²) in [6, 6.07) is 15.8. The Balaban J connectivity index is 1.86. The fourth-order valence-corrected chi connectivity index (χ4v) is 2.98. The van der Waals surface area contributed by atoms with Crippen LogP contribution in [0.15, 0.2) is 53.4 Å². The number of nitrogens with one attached hydrogen (secondary N) is 1. The molecule has 1 N–H and O–H groups in total. The van der Waals surface area contributed by atoms with Crippen molar-refractivity contribution in [3.8, 4) is 0 Å². The van der Waals surface area contributed by atoms with Gasteiger partial charge in [0.1, 0.15) is 0 Å². The lowest BCUT2D eigenvalue weighted by molar-refractivity contribution is -0.385. The molecule has 2 rings (SSSR count). The van der Waals surface area contributed by atoms with Crippen molar-refractivity contribution in [1.82, 2.24) is 5.32 Å². The Hall–Kier alpha value is -1.85. The van der Waals surface area contributed by atoms with Crippen LogP contribution in [-0.4, -0.2) is 17.2 Å². The monoisotopic (exact) mass is 316 g/mol. The van der Waals surface area contributed by atoms with E-state index < -0.39 is 0 Å². The van der Waals surface area contributed by atoms with E-state index in [1.165, 1.54) is 4.90 Å². The molecule has 22 heavy (non-hydrogen) atoms. The van der Waals surface area contributed by atoms with Gasteiger partial charge in [-0.05, 0) is 31.5 Å². The van der Waals surface area contributed by atoms with Gasteiger partial charge in [-0.25, -0.2) is 0 Å². The van der Waals surface area contributed by atoms with Crippen molar-refractivity contribution in [3.63, 3.8) is 0 Å². The van der Waals surface area contributed by atoms with Crippen LogP contribution in [0.1, 0.15) is 24.1 Å². The van der Waals surface area contributed by atoms with E-state index in [9.17, 15) is 10.1 Å². The Kier molecular flexibility index (Phi) is 5.98. The zero-order chi connectivity index (χ0) is 15.9. The van der Waals surface area contributed by atoms with Gasteiger partial charge in [0, 0.05) is 34.9 Å². The van der Waals surface area contributed by atoms with Crippen molar-refractivity contribution >= 4 is 17.4 Å². The van der Waals surface area contributed by atoms with Crippen molar-refractivity contribution in [3.05, 3.63) is 69.8 Å². The number of nitro groups is 1. The first-order valence-corrected chi connectivity index (χ1v) is 8.22. The second-order valence-corrected chi connectivity index (χ2v) is 6.31. The van der Waals surface area contributed by atoms with E-state index in [1.807, 2.05) is 37.3 Å². The number of thioether (sulfide) groups is 1. The van der Waals surface area contributed by atoms with Gasteiger partial charge in [0.25, 0.3) is 5.69 Å². The summed E-state index contributed by atoms with van der Waals surface area (Å²) in [4.78, 5) is 11.9. The first-order chi connectivity index (χ1) is 10.6. The lowest BCUT2D eigenvalue weighted by atomic mass is 10.0. The molecule has 0 heterocycles. The third-order valence-electron chi connectivity index (χ3n) is 3.49. The molecule has 1 atom stereocenters. The van der Waals surface area contributed by atoms with Gasteiger partial charge < -0.3 is 5.32 Å². The van der Waals surface area contributed by atoms with Gasteiger partial charge in [0.2, 0.25) is 0 Å². The zero-order valence-corrected chi connectivity index (χ0v) is 13.6. The van der Waals surface area contributed by atoms with Crippen LogP contribution in [0.4, 0.5) is 5.69 Å². The number of nitro benzene ring substituents is 1. The van der Waals surface area contributed by atoms with Gasteiger partial charge >= 0.3 is 0 Å². The highest BCUT2D eigenvalue weighted by atomic mass is 32.2. The molecule has 0 aromatic heterocycles. The summed E-state index contributed by atoms with van der Waals surface area (Å²) in [6.45, 7) is 4.64. The van der Waals surface area contributed by atoms with Crippen molar-refractivity contribution in [2.45, 2.75) is 24.8 Å². The summed E-state index contributed by atoms with van der Waals surface area (Å²) >= 11 is 1.80. The van der Waals surface area contributed by atoms with Crippen LogP contribution in [0, 0.1) is 17.0 Å². The molecule has 0 bridgehead atoms. The molecule has 1 unspecified atom stereocenters. The molecule has 0 radical (unpaired) electrons. The van der Waals surface area contributed by atoms with Crippen molar-refractivity contribution < 1.29 is 4.92 Å². The van der Waals surface area contributed by atoms with Gasteiger partial charge in [-0.3, -0.25) is 10.1 Å². The predicted octanol–water partition coefficient (Wildman–Crippen LogP) is 4.35. The summed E-state index contributed by atoms with van der Waals surface area (Å²) in [6.07, 6.45) is 0. The van der Waals surface area contributed by atoms with E-state index in [0.717, 1.165) is 17.9 Å². The number of benzene rings is 2. The first kappa shape index (κ1) is 16.5. The van der Waals surface area contributed by atoms with E-state index in [1.54, 1.807) is 24.8 Å². The van der Waals surface area contributed by atoms with Gasteiger partial charge in [-0.2, -0.15) is 0 Å². The average molecular weight is 316 g/mol. The fraction of sp³-hybridized carbons (Fsp3) is 0.294. The van der Waals surface area contributed by atoms with Gasteiger partial charge in [-0.1, -0.05) is 30.3 Å². The third kappa shape index (κ3) is 4.58. The molecule has 0 saturated carbocycles. The van der Waals surface area contributed by atoms with Crippen LogP contribution in [0.5, 0.6) is 0 Å².